The highest BCUT2D eigenvalue weighted by Crippen LogP contribution is 2.21. The van der Waals surface area contributed by atoms with Crippen LogP contribution in [0.4, 0.5) is 0 Å². The van der Waals surface area contributed by atoms with Crippen molar-refractivity contribution in [3.63, 3.8) is 0 Å². The zero-order valence-electron chi connectivity index (χ0n) is 11.1. The highest BCUT2D eigenvalue weighted by Gasteiger charge is 2.16. The van der Waals surface area contributed by atoms with E-state index >= 15 is 0 Å². The molecule has 2 aromatic rings. The average molecular weight is 315 g/mol. The second-order valence-electron chi connectivity index (χ2n) is 4.08. The number of aromatic nitrogens is 3. The summed E-state index contributed by atoms with van der Waals surface area (Å²) < 4.78 is 27.1. The Bertz CT molecular complexity index is 621. The molecule has 3 N–H and O–H groups in total. The summed E-state index contributed by atoms with van der Waals surface area (Å²) in [5.41, 5.74) is 0. The molecule has 9 heteroatoms. The van der Waals surface area contributed by atoms with Crippen molar-refractivity contribution in [2.24, 2.45) is 0 Å². The molecule has 110 valence electrons. The lowest BCUT2D eigenvalue weighted by Gasteiger charge is -2.03. The van der Waals surface area contributed by atoms with Crippen LogP contribution in [0.3, 0.4) is 0 Å². The van der Waals surface area contributed by atoms with Crippen molar-refractivity contribution < 1.29 is 8.42 Å². The Labute approximate surface area is 121 Å². The topological polar surface area (TPSA) is 99.8 Å². The van der Waals surface area contributed by atoms with Gasteiger partial charge in [0, 0.05) is 24.4 Å². The molecule has 20 heavy (non-hydrogen) atoms. The fourth-order valence-electron chi connectivity index (χ4n) is 1.57. The molecular formula is C11H17N5O2S2. The van der Waals surface area contributed by atoms with Crippen LogP contribution in [0.25, 0.3) is 0 Å². The number of sulfonamides is 1. The van der Waals surface area contributed by atoms with E-state index in [1.165, 1.54) is 17.7 Å². The van der Waals surface area contributed by atoms with Crippen LogP contribution in [-0.2, 0) is 23.0 Å². The van der Waals surface area contributed by atoms with Crippen LogP contribution < -0.4 is 10.0 Å². The number of aromatic amines is 1. The van der Waals surface area contributed by atoms with Gasteiger partial charge in [-0.2, -0.15) is 5.10 Å². The van der Waals surface area contributed by atoms with Crippen LogP contribution in [0, 0.1) is 0 Å². The Hall–Kier alpha value is -1.29. The van der Waals surface area contributed by atoms with Crippen LogP contribution in [0.1, 0.15) is 17.6 Å². The minimum atomic E-state index is -3.44. The first-order valence-corrected chi connectivity index (χ1v) is 8.55. The third kappa shape index (κ3) is 4.10. The van der Waals surface area contributed by atoms with E-state index in [2.05, 4.69) is 25.2 Å². The van der Waals surface area contributed by atoms with E-state index in [1.54, 1.807) is 6.07 Å². The fraction of sp³-hybridized carbons (Fsp3) is 0.455. The summed E-state index contributed by atoms with van der Waals surface area (Å²) in [4.78, 5) is 4.94. The first kappa shape index (κ1) is 15.1. The number of rotatable bonds is 8. The predicted molar refractivity (Wildman–Crippen MR) is 77.0 cm³/mol. The standard InChI is InChI=1S/C11H17N5O2S2/c1-2-12-7-9-3-4-11(19-9)20(17,18)15-6-5-10-13-8-14-16-10/h3-4,8,12,15H,2,5-7H2,1H3,(H,13,14,16). The van der Waals surface area contributed by atoms with Gasteiger partial charge in [-0.1, -0.05) is 6.92 Å². The van der Waals surface area contributed by atoms with E-state index in [1.807, 2.05) is 13.0 Å². The first-order chi connectivity index (χ1) is 9.62. The minimum absolute atomic E-state index is 0.290. The van der Waals surface area contributed by atoms with E-state index in [9.17, 15) is 8.42 Å². The maximum absolute atomic E-state index is 12.1. The van der Waals surface area contributed by atoms with Crippen molar-refractivity contribution >= 4 is 21.4 Å². The van der Waals surface area contributed by atoms with Crippen molar-refractivity contribution in [2.75, 3.05) is 13.1 Å². The number of nitrogens with one attached hydrogen (secondary N) is 3. The molecule has 0 aromatic carbocycles. The van der Waals surface area contributed by atoms with E-state index in [4.69, 9.17) is 0 Å². The van der Waals surface area contributed by atoms with E-state index in [-0.39, 0.29) is 6.54 Å². The molecule has 0 unspecified atom stereocenters. The summed E-state index contributed by atoms with van der Waals surface area (Å²) >= 11 is 1.28. The first-order valence-electron chi connectivity index (χ1n) is 6.25. The summed E-state index contributed by atoms with van der Waals surface area (Å²) in [6.07, 6.45) is 1.88. The molecule has 7 nitrogen and oxygen atoms in total. The van der Waals surface area contributed by atoms with E-state index in [0.29, 0.717) is 23.0 Å². The molecule has 0 amide bonds. The highest BCUT2D eigenvalue weighted by atomic mass is 32.2. The zero-order valence-corrected chi connectivity index (χ0v) is 12.7. The van der Waals surface area contributed by atoms with E-state index < -0.39 is 10.0 Å². The van der Waals surface area contributed by atoms with Gasteiger partial charge in [0.25, 0.3) is 0 Å². The van der Waals surface area contributed by atoms with Gasteiger partial charge in [-0.15, -0.1) is 11.3 Å². The third-order valence-corrected chi connectivity index (χ3v) is 5.61. The summed E-state index contributed by atoms with van der Waals surface area (Å²) in [5, 5.41) is 9.56. The fourth-order valence-corrected chi connectivity index (χ4v) is 3.97. The Morgan fingerprint density at radius 1 is 1.40 bits per heavy atom. The second kappa shape index (κ2) is 6.93. The van der Waals surface area contributed by atoms with Crippen LogP contribution in [0.15, 0.2) is 22.7 Å². The molecule has 0 fully saturated rings. The van der Waals surface area contributed by atoms with Gasteiger partial charge in [0.2, 0.25) is 10.0 Å². The Balaban J connectivity index is 1.90. The second-order valence-corrected chi connectivity index (χ2v) is 7.24. The van der Waals surface area contributed by atoms with Crippen molar-refractivity contribution in [1.29, 1.82) is 0 Å². The predicted octanol–water partition coefficient (Wildman–Crippen LogP) is 0.497. The molecule has 2 rings (SSSR count). The van der Waals surface area contributed by atoms with Gasteiger partial charge in [-0.25, -0.2) is 18.1 Å². The van der Waals surface area contributed by atoms with Crippen molar-refractivity contribution in [3.05, 3.63) is 29.2 Å². The van der Waals surface area contributed by atoms with Crippen molar-refractivity contribution in [2.45, 2.75) is 24.1 Å². The molecular weight excluding hydrogens is 298 g/mol. The zero-order chi connectivity index (χ0) is 14.4. The quantitative estimate of drug-likeness (QED) is 0.658. The lowest BCUT2D eigenvalue weighted by Crippen LogP contribution is -2.25. The molecule has 0 saturated heterocycles. The third-order valence-electron chi connectivity index (χ3n) is 2.57. The molecule has 0 spiro atoms. The lowest BCUT2D eigenvalue weighted by atomic mass is 10.4. The number of H-pyrrole nitrogens is 1. The van der Waals surface area contributed by atoms with Gasteiger partial charge in [0.15, 0.2) is 0 Å². The van der Waals surface area contributed by atoms with Crippen LogP contribution in [0.2, 0.25) is 0 Å². The molecule has 0 aliphatic carbocycles. The van der Waals surface area contributed by atoms with Gasteiger partial charge in [0.05, 0.1) is 0 Å². The monoisotopic (exact) mass is 315 g/mol. The van der Waals surface area contributed by atoms with Crippen LogP contribution >= 0.6 is 11.3 Å². The molecule has 0 aliphatic heterocycles. The van der Waals surface area contributed by atoms with Crippen molar-refractivity contribution in [3.8, 4) is 0 Å². The number of hydrogen-bond acceptors (Lipinski definition) is 6. The van der Waals surface area contributed by atoms with Gasteiger partial charge in [0.1, 0.15) is 16.4 Å². The molecule has 0 radical (unpaired) electrons. The SMILES string of the molecule is CCNCc1ccc(S(=O)(=O)NCCc2ncn[nH]2)s1. The molecule has 0 aliphatic rings. The molecule has 2 heterocycles. The molecule has 2 aromatic heterocycles. The highest BCUT2D eigenvalue weighted by molar-refractivity contribution is 7.91. The number of thiophene rings is 1. The van der Waals surface area contributed by atoms with Gasteiger partial charge in [-0.05, 0) is 18.7 Å². The molecule has 0 atom stereocenters. The maximum Gasteiger partial charge on any atom is 0.250 e. The lowest BCUT2D eigenvalue weighted by molar-refractivity contribution is 0.583. The Kier molecular flexibility index (Phi) is 5.24. The largest absolute Gasteiger partial charge is 0.312 e. The van der Waals surface area contributed by atoms with E-state index in [0.717, 1.165) is 11.4 Å². The molecule has 0 bridgehead atoms. The van der Waals surface area contributed by atoms with Crippen LogP contribution in [-0.4, -0.2) is 36.7 Å². The van der Waals surface area contributed by atoms with Crippen molar-refractivity contribution in [1.82, 2.24) is 25.2 Å². The smallest absolute Gasteiger partial charge is 0.250 e. The number of nitrogens with zero attached hydrogens (tertiary/aromatic N) is 2. The summed E-state index contributed by atoms with van der Waals surface area (Å²) in [5.74, 6) is 0.659. The van der Waals surface area contributed by atoms with Crippen LogP contribution in [0.5, 0.6) is 0 Å². The van der Waals surface area contributed by atoms with Gasteiger partial charge in [-0.3, -0.25) is 5.10 Å². The van der Waals surface area contributed by atoms with Gasteiger partial charge < -0.3 is 5.32 Å². The summed E-state index contributed by atoms with van der Waals surface area (Å²) in [6.45, 7) is 3.85. The Morgan fingerprint density at radius 3 is 2.95 bits per heavy atom. The minimum Gasteiger partial charge on any atom is -0.312 e. The molecule has 0 saturated carbocycles. The summed E-state index contributed by atoms with van der Waals surface area (Å²) in [7, 11) is -3.44. The normalized spacial score (nSPS) is 11.8. The summed E-state index contributed by atoms with van der Waals surface area (Å²) in [6, 6.07) is 3.46. The Morgan fingerprint density at radius 2 is 2.25 bits per heavy atom. The van der Waals surface area contributed by atoms with Gasteiger partial charge >= 0.3 is 0 Å². The number of hydrogen-bond donors (Lipinski definition) is 3. The maximum atomic E-state index is 12.1. The average Bonchev–Trinajstić information content (AvgIpc) is 3.07.